The summed E-state index contributed by atoms with van der Waals surface area (Å²) in [5.74, 6) is -1.07. The lowest BCUT2D eigenvalue weighted by Crippen LogP contribution is -2.30. The molecule has 2 fully saturated rings. The van der Waals surface area contributed by atoms with Gasteiger partial charge in [-0.3, -0.25) is 9.59 Å². The highest BCUT2D eigenvalue weighted by atomic mass is 19.1. The summed E-state index contributed by atoms with van der Waals surface area (Å²) in [6.07, 6.45) is 3.55. The van der Waals surface area contributed by atoms with Gasteiger partial charge in [0.25, 0.3) is 0 Å². The minimum atomic E-state index is -0.382. The Bertz CT molecular complexity index is 531. The van der Waals surface area contributed by atoms with E-state index >= 15 is 0 Å². The quantitative estimate of drug-likeness (QED) is 0.729. The molecule has 3 nitrogen and oxygen atoms in total. The first-order valence-electron chi connectivity index (χ1n) is 6.73. The second-order valence-corrected chi connectivity index (χ2v) is 5.44. The van der Waals surface area contributed by atoms with Crippen LogP contribution in [-0.2, 0) is 9.59 Å². The molecule has 1 aliphatic carbocycles. The molecule has 1 aromatic rings. The maximum Gasteiger partial charge on any atom is 0.237 e. The predicted molar refractivity (Wildman–Crippen MR) is 69.1 cm³/mol. The molecule has 1 saturated carbocycles. The number of hydrogen-bond acceptors (Lipinski definition) is 2. The summed E-state index contributed by atoms with van der Waals surface area (Å²) in [4.78, 5) is 25.8. The molecule has 2 atom stereocenters. The normalized spacial score (nSPS) is 26.7. The third kappa shape index (κ3) is 1.86. The van der Waals surface area contributed by atoms with Crippen molar-refractivity contribution in [2.45, 2.75) is 32.6 Å². The second-order valence-electron chi connectivity index (χ2n) is 5.44. The van der Waals surface area contributed by atoms with E-state index < -0.39 is 0 Å². The minimum Gasteiger partial charge on any atom is -0.274 e. The zero-order valence-corrected chi connectivity index (χ0v) is 10.9. The maximum atomic E-state index is 13.6. The molecule has 1 heterocycles. The average Bonchev–Trinajstić information content (AvgIpc) is 2.66. The van der Waals surface area contributed by atoms with E-state index in [2.05, 4.69) is 0 Å². The van der Waals surface area contributed by atoms with Crippen LogP contribution in [0.2, 0.25) is 0 Å². The topological polar surface area (TPSA) is 37.4 Å². The Morgan fingerprint density at radius 3 is 2.21 bits per heavy atom. The van der Waals surface area contributed by atoms with Crippen LogP contribution in [0.1, 0.15) is 31.2 Å². The van der Waals surface area contributed by atoms with Crippen LogP contribution in [0.25, 0.3) is 0 Å². The fourth-order valence-electron chi connectivity index (χ4n) is 3.14. The van der Waals surface area contributed by atoms with E-state index in [1.807, 2.05) is 0 Å². The number of fused-ring (bicyclic) bond motifs is 1. The molecule has 1 aromatic carbocycles. The number of hydrogen-bond donors (Lipinski definition) is 0. The molecule has 0 radical (unpaired) electrons. The van der Waals surface area contributed by atoms with Crippen LogP contribution in [0.4, 0.5) is 10.1 Å². The monoisotopic (exact) mass is 261 g/mol. The first-order valence-corrected chi connectivity index (χ1v) is 6.73. The number of anilines is 1. The van der Waals surface area contributed by atoms with Crippen molar-refractivity contribution < 1.29 is 14.0 Å². The Hall–Kier alpha value is -1.71. The van der Waals surface area contributed by atoms with Gasteiger partial charge in [-0.05, 0) is 37.5 Å². The number of halogens is 1. The van der Waals surface area contributed by atoms with Crippen molar-refractivity contribution in [2.75, 3.05) is 4.90 Å². The number of imide groups is 1. The van der Waals surface area contributed by atoms with Gasteiger partial charge in [-0.25, -0.2) is 9.29 Å². The summed E-state index contributed by atoms with van der Waals surface area (Å²) in [7, 11) is 0. The zero-order valence-electron chi connectivity index (χ0n) is 10.9. The lowest BCUT2D eigenvalue weighted by atomic mass is 9.81. The summed E-state index contributed by atoms with van der Waals surface area (Å²) in [6.45, 7) is 1.66. The third-order valence-corrected chi connectivity index (χ3v) is 4.25. The average molecular weight is 261 g/mol. The standard InChI is InChI=1S/C15H16FNO2/c1-9-6-7-10(8-13(9)16)17-14(18)11-4-2-3-5-12(11)15(17)19/h6-8,11-12H,2-5H2,1H3/t11-,12-/m1/s1. The van der Waals surface area contributed by atoms with Crippen LogP contribution in [0.15, 0.2) is 18.2 Å². The van der Waals surface area contributed by atoms with Crippen LogP contribution in [0.5, 0.6) is 0 Å². The highest BCUT2D eigenvalue weighted by molar-refractivity contribution is 6.22. The molecule has 100 valence electrons. The molecule has 0 N–H and O–H groups in total. The third-order valence-electron chi connectivity index (χ3n) is 4.25. The van der Waals surface area contributed by atoms with Gasteiger partial charge in [0.15, 0.2) is 0 Å². The van der Waals surface area contributed by atoms with Crippen molar-refractivity contribution in [3.63, 3.8) is 0 Å². The van der Waals surface area contributed by atoms with E-state index in [0.717, 1.165) is 25.7 Å². The molecular weight excluding hydrogens is 245 g/mol. The fourth-order valence-corrected chi connectivity index (χ4v) is 3.14. The van der Waals surface area contributed by atoms with Crippen molar-refractivity contribution in [3.8, 4) is 0 Å². The summed E-state index contributed by atoms with van der Waals surface area (Å²) >= 11 is 0. The highest BCUT2D eigenvalue weighted by Crippen LogP contribution is 2.40. The lowest BCUT2D eigenvalue weighted by Gasteiger charge is -2.19. The molecular formula is C15H16FNO2. The van der Waals surface area contributed by atoms with Crippen LogP contribution < -0.4 is 4.90 Å². The van der Waals surface area contributed by atoms with Crippen molar-refractivity contribution in [1.29, 1.82) is 0 Å². The molecule has 3 rings (SSSR count). The molecule has 1 aliphatic heterocycles. The summed E-state index contributed by atoms with van der Waals surface area (Å²) in [5, 5.41) is 0. The van der Waals surface area contributed by atoms with Crippen molar-refractivity contribution in [2.24, 2.45) is 11.8 Å². The van der Waals surface area contributed by atoms with Crippen LogP contribution in [0.3, 0.4) is 0 Å². The minimum absolute atomic E-state index is 0.155. The molecule has 0 aromatic heterocycles. The highest BCUT2D eigenvalue weighted by Gasteiger charge is 2.48. The van der Waals surface area contributed by atoms with E-state index in [9.17, 15) is 14.0 Å². The fraction of sp³-hybridized carbons (Fsp3) is 0.467. The van der Waals surface area contributed by atoms with Gasteiger partial charge in [0.05, 0.1) is 17.5 Å². The Morgan fingerprint density at radius 2 is 1.68 bits per heavy atom. The van der Waals surface area contributed by atoms with Gasteiger partial charge in [0.1, 0.15) is 5.82 Å². The van der Waals surface area contributed by atoms with E-state index in [4.69, 9.17) is 0 Å². The van der Waals surface area contributed by atoms with Gasteiger partial charge in [0.2, 0.25) is 11.8 Å². The lowest BCUT2D eigenvalue weighted by molar-refractivity contribution is -0.122. The first-order chi connectivity index (χ1) is 9.09. The second kappa shape index (κ2) is 4.44. The number of rotatable bonds is 1. The smallest absolute Gasteiger partial charge is 0.237 e. The number of aryl methyl sites for hydroxylation is 1. The molecule has 2 aliphatic rings. The molecule has 0 unspecified atom stereocenters. The summed E-state index contributed by atoms with van der Waals surface area (Å²) < 4.78 is 13.6. The Morgan fingerprint density at radius 1 is 1.11 bits per heavy atom. The van der Waals surface area contributed by atoms with Crippen LogP contribution in [0, 0.1) is 24.6 Å². The Balaban J connectivity index is 1.98. The van der Waals surface area contributed by atoms with Gasteiger partial charge in [-0.1, -0.05) is 18.9 Å². The SMILES string of the molecule is Cc1ccc(N2C(=O)[C@@H]3CCCC[C@H]3C2=O)cc1F. The molecule has 19 heavy (non-hydrogen) atoms. The van der Waals surface area contributed by atoms with Crippen molar-refractivity contribution >= 4 is 17.5 Å². The maximum absolute atomic E-state index is 13.6. The zero-order chi connectivity index (χ0) is 13.6. The van der Waals surface area contributed by atoms with Gasteiger partial charge in [-0.2, -0.15) is 0 Å². The molecule has 0 bridgehead atoms. The molecule has 2 amide bonds. The molecule has 1 saturated heterocycles. The van der Waals surface area contributed by atoms with Crippen LogP contribution >= 0.6 is 0 Å². The number of benzene rings is 1. The van der Waals surface area contributed by atoms with E-state index in [-0.39, 0.29) is 29.5 Å². The van der Waals surface area contributed by atoms with Crippen molar-refractivity contribution in [3.05, 3.63) is 29.6 Å². The van der Waals surface area contributed by atoms with Gasteiger partial charge in [-0.15, -0.1) is 0 Å². The number of amides is 2. The molecule has 0 spiro atoms. The largest absolute Gasteiger partial charge is 0.274 e. The Kier molecular flexibility index (Phi) is 2.88. The van der Waals surface area contributed by atoms with E-state index in [1.165, 1.54) is 11.0 Å². The number of nitrogens with zero attached hydrogens (tertiary/aromatic N) is 1. The number of carbonyl (C=O) groups excluding carboxylic acids is 2. The first kappa shape index (κ1) is 12.3. The van der Waals surface area contributed by atoms with E-state index in [0.29, 0.717) is 11.3 Å². The molecule has 4 heteroatoms. The predicted octanol–water partition coefficient (Wildman–Crippen LogP) is 2.81. The van der Waals surface area contributed by atoms with Crippen LogP contribution in [-0.4, -0.2) is 11.8 Å². The summed E-state index contributed by atoms with van der Waals surface area (Å²) in [5.41, 5.74) is 0.882. The van der Waals surface area contributed by atoms with Gasteiger partial charge >= 0.3 is 0 Å². The van der Waals surface area contributed by atoms with Gasteiger partial charge in [0, 0.05) is 0 Å². The van der Waals surface area contributed by atoms with Crippen molar-refractivity contribution in [1.82, 2.24) is 0 Å². The number of carbonyl (C=O) groups is 2. The van der Waals surface area contributed by atoms with E-state index in [1.54, 1.807) is 19.1 Å². The van der Waals surface area contributed by atoms with Gasteiger partial charge < -0.3 is 0 Å². The summed E-state index contributed by atoms with van der Waals surface area (Å²) in [6, 6.07) is 4.53. The Labute approximate surface area is 111 Å².